The number of allylic oxidation sites excluding steroid dienone is 4. The van der Waals surface area contributed by atoms with E-state index in [-0.39, 0.29) is 22.8 Å². The lowest BCUT2D eigenvalue weighted by molar-refractivity contribution is 0.394. The number of aliphatic hydroxyl groups excluding tert-OH is 2. The lowest BCUT2D eigenvalue weighted by atomic mass is 10.1. The van der Waals surface area contributed by atoms with Crippen LogP contribution in [-0.4, -0.2) is 23.5 Å². The summed E-state index contributed by atoms with van der Waals surface area (Å²) in [5.41, 5.74) is 0. The van der Waals surface area contributed by atoms with Crippen molar-refractivity contribution in [1.82, 2.24) is 0 Å². The van der Waals surface area contributed by atoms with Crippen molar-refractivity contribution in [2.24, 2.45) is 0 Å². The lowest BCUT2D eigenvalue weighted by Gasteiger charge is -2.04. The third kappa shape index (κ3) is 1.62. The predicted octanol–water partition coefficient (Wildman–Crippen LogP) is 0.325. The molecule has 0 fully saturated rings. The molecule has 0 atom stereocenters. The van der Waals surface area contributed by atoms with Gasteiger partial charge < -0.3 is 10.2 Å². The molecule has 0 unspecified atom stereocenters. The van der Waals surface area contributed by atoms with E-state index >= 15 is 0 Å². The van der Waals surface area contributed by atoms with Crippen molar-refractivity contribution < 1.29 is 18.6 Å². The SMILES string of the molecule is O=S(=O)=C1CC(O)=CC=C1O. The smallest absolute Gasteiger partial charge is 0.221 e. The molecule has 0 aromatic carbocycles. The van der Waals surface area contributed by atoms with E-state index in [0.717, 1.165) is 6.08 Å². The molecule has 1 aliphatic rings. The van der Waals surface area contributed by atoms with Gasteiger partial charge in [0, 0.05) is 6.42 Å². The van der Waals surface area contributed by atoms with Crippen LogP contribution < -0.4 is 0 Å². The topological polar surface area (TPSA) is 74.6 Å². The van der Waals surface area contributed by atoms with E-state index in [1.807, 2.05) is 0 Å². The minimum atomic E-state index is -2.46. The average Bonchev–Trinajstić information content (AvgIpc) is 1.94. The highest BCUT2D eigenvalue weighted by Crippen LogP contribution is 2.10. The zero-order valence-electron chi connectivity index (χ0n) is 5.48. The molecule has 0 aromatic rings. The van der Waals surface area contributed by atoms with Gasteiger partial charge in [0.25, 0.3) is 0 Å². The molecule has 4 nitrogen and oxygen atoms in total. The quantitative estimate of drug-likeness (QED) is 0.519. The number of rotatable bonds is 0. The zero-order chi connectivity index (χ0) is 8.43. The Kier molecular flexibility index (Phi) is 2.00. The van der Waals surface area contributed by atoms with Gasteiger partial charge in [0.05, 0.1) is 5.76 Å². The highest BCUT2D eigenvalue weighted by molar-refractivity contribution is 7.73. The molecule has 60 valence electrons. The van der Waals surface area contributed by atoms with Crippen LogP contribution in [0.15, 0.2) is 23.7 Å². The van der Waals surface area contributed by atoms with Gasteiger partial charge in [-0.25, -0.2) is 0 Å². The lowest BCUT2D eigenvalue weighted by Crippen LogP contribution is -2.08. The summed E-state index contributed by atoms with van der Waals surface area (Å²) in [5.74, 6) is -0.377. The van der Waals surface area contributed by atoms with Gasteiger partial charge in [0.1, 0.15) is 10.6 Å². The molecule has 1 rings (SSSR count). The molecule has 0 radical (unpaired) electrons. The van der Waals surface area contributed by atoms with E-state index in [0.29, 0.717) is 0 Å². The van der Waals surface area contributed by atoms with Crippen LogP contribution in [0.25, 0.3) is 0 Å². The third-order valence-electron chi connectivity index (χ3n) is 1.26. The van der Waals surface area contributed by atoms with Crippen molar-refractivity contribution in [2.75, 3.05) is 0 Å². The average molecular weight is 174 g/mol. The number of hydrogen-bond donors (Lipinski definition) is 2. The van der Waals surface area contributed by atoms with Gasteiger partial charge >= 0.3 is 0 Å². The van der Waals surface area contributed by atoms with Crippen molar-refractivity contribution in [3.63, 3.8) is 0 Å². The van der Waals surface area contributed by atoms with E-state index in [4.69, 9.17) is 10.2 Å². The van der Waals surface area contributed by atoms with Crippen molar-refractivity contribution in [3.05, 3.63) is 23.7 Å². The standard InChI is InChI=1S/C6H6O4S/c7-4-1-2-5(8)6(3-4)11(9)10/h1-2,7-8H,3H2. The minimum absolute atomic E-state index is 0.0676. The summed E-state index contributed by atoms with van der Waals surface area (Å²) >= 11 is 0. The Balaban J connectivity index is 3.21. The Bertz CT molecular complexity index is 350. The van der Waals surface area contributed by atoms with Crippen molar-refractivity contribution in [1.29, 1.82) is 0 Å². The summed E-state index contributed by atoms with van der Waals surface area (Å²) in [5, 5.41) is 17.8. The van der Waals surface area contributed by atoms with E-state index in [1.165, 1.54) is 6.08 Å². The van der Waals surface area contributed by atoms with Gasteiger partial charge in [-0.2, -0.15) is 8.42 Å². The monoisotopic (exact) mass is 174 g/mol. The molecular formula is C6H6O4S. The molecule has 0 spiro atoms. The van der Waals surface area contributed by atoms with Crippen LogP contribution in [0.5, 0.6) is 0 Å². The molecule has 5 heteroatoms. The Morgan fingerprint density at radius 1 is 1.27 bits per heavy atom. The first-order valence-corrected chi connectivity index (χ1v) is 3.93. The van der Waals surface area contributed by atoms with Gasteiger partial charge in [-0.3, -0.25) is 0 Å². The Hall–Kier alpha value is -1.23. The van der Waals surface area contributed by atoms with Gasteiger partial charge in [-0.1, -0.05) is 0 Å². The predicted molar refractivity (Wildman–Crippen MR) is 40.0 cm³/mol. The maximum Gasteiger partial charge on any atom is 0.221 e. The van der Waals surface area contributed by atoms with Gasteiger partial charge in [-0.05, 0) is 12.2 Å². The van der Waals surface area contributed by atoms with Crippen LogP contribution in [0, 0.1) is 0 Å². The van der Waals surface area contributed by atoms with Crippen molar-refractivity contribution in [3.8, 4) is 0 Å². The first kappa shape index (κ1) is 7.87. The Labute approximate surface area is 64.6 Å². The highest BCUT2D eigenvalue weighted by atomic mass is 32.2. The molecule has 0 bridgehead atoms. The van der Waals surface area contributed by atoms with Crippen molar-refractivity contribution in [2.45, 2.75) is 6.42 Å². The second kappa shape index (κ2) is 2.79. The molecule has 0 aliphatic heterocycles. The molecule has 0 heterocycles. The molecule has 0 saturated carbocycles. The van der Waals surface area contributed by atoms with E-state index in [2.05, 4.69) is 0 Å². The zero-order valence-corrected chi connectivity index (χ0v) is 6.30. The Morgan fingerprint density at radius 2 is 1.91 bits per heavy atom. The van der Waals surface area contributed by atoms with Gasteiger partial charge in [0.2, 0.25) is 10.3 Å². The second-order valence-electron chi connectivity index (χ2n) is 2.04. The van der Waals surface area contributed by atoms with E-state index in [1.54, 1.807) is 0 Å². The minimum Gasteiger partial charge on any atom is -0.512 e. The summed E-state index contributed by atoms with van der Waals surface area (Å²) in [6.45, 7) is 0. The molecule has 1 aliphatic carbocycles. The normalized spacial score (nSPS) is 17.3. The highest BCUT2D eigenvalue weighted by Gasteiger charge is 2.13. The summed E-state index contributed by atoms with van der Waals surface area (Å²) in [4.78, 5) is -0.176. The summed E-state index contributed by atoms with van der Waals surface area (Å²) in [7, 11) is -2.46. The summed E-state index contributed by atoms with van der Waals surface area (Å²) in [6, 6.07) is 0. The summed E-state index contributed by atoms with van der Waals surface area (Å²) < 4.78 is 20.7. The fourth-order valence-corrected chi connectivity index (χ4v) is 1.23. The molecule has 0 amide bonds. The third-order valence-corrected chi connectivity index (χ3v) is 2.02. The molecular weight excluding hydrogens is 168 g/mol. The maximum absolute atomic E-state index is 10.3. The maximum atomic E-state index is 10.3. The largest absolute Gasteiger partial charge is 0.512 e. The molecule has 0 aromatic heterocycles. The summed E-state index contributed by atoms with van der Waals surface area (Å²) in [6.07, 6.45) is 2.27. The number of aliphatic hydroxyl groups is 2. The van der Waals surface area contributed by atoms with Gasteiger partial charge in [-0.15, -0.1) is 0 Å². The van der Waals surface area contributed by atoms with Crippen LogP contribution in [0.4, 0.5) is 0 Å². The molecule has 11 heavy (non-hydrogen) atoms. The molecule has 0 saturated heterocycles. The second-order valence-corrected chi connectivity index (χ2v) is 3.01. The van der Waals surface area contributed by atoms with Crippen molar-refractivity contribution >= 4 is 15.2 Å². The van der Waals surface area contributed by atoms with Crippen LogP contribution >= 0.6 is 0 Å². The van der Waals surface area contributed by atoms with Crippen LogP contribution in [0.3, 0.4) is 0 Å². The fourth-order valence-electron chi connectivity index (χ4n) is 0.726. The Morgan fingerprint density at radius 3 is 2.36 bits per heavy atom. The van der Waals surface area contributed by atoms with Crippen LogP contribution in [0.1, 0.15) is 6.42 Å². The number of hydrogen-bond acceptors (Lipinski definition) is 4. The first-order chi connectivity index (χ1) is 5.11. The van der Waals surface area contributed by atoms with Crippen LogP contribution in [-0.2, 0) is 10.3 Å². The molecule has 2 N–H and O–H groups in total. The fraction of sp³-hybridized carbons (Fsp3) is 0.167. The van der Waals surface area contributed by atoms with Gasteiger partial charge in [0.15, 0.2) is 0 Å². The van der Waals surface area contributed by atoms with E-state index in [9.17, 15) is 8.42 Å². The van der Waals surface area contributed by atoms with E-state index < -0.39 is 10.3 Å². The van der Waals surface area contributed by atoms with Crippen LogP contribution in [0.2, 0.25) is 0 Å². The first-order valence-electron chi connectivity index (χ1n) is 2.85.